The second-order valence-corrected chi connectivity index (χ2v) is 4.62. The fourth-order valence-corrected chi connectivity index (χ4v) is 3.05. The van der Waals surface area contributed by atoms with Crippen molar-refractivity contribution in [3.05, 3.63) is 0 Å². The topological polar surface area (TPSA) is 66.6 Å². The predicted molar refractivity (Wildman–Crippen MR) is 53.0 cm³/mol. The lowest BCUT2D eigenvalue weighted by molar-refractivity contribution is 0.151. The van der Waals surface area contributed by atoms with Crippen molar-refractivity contribution < 1.29 is 9.90 Å². The van der Waals surface area contributed by atoms with Crippen molar-refractivity contribution in [3.63, 3.8) is 0 Å². The summed E-state index contributed by atoms with van der Waals surface area (Å²) in [6.07, 6.45) is 2.73. The SMILES string of the molecule is NCCC1C[C@@H]2CN(C(=O)O)C[C@@H]2C1. The Kier molecular flexibility index (Phi) is 2.63. The zero-order valence-electron chi connectivity index (χ0n) is 8.35. The summed E-state index contributed by atoms with van der Waals surface area (Å²) in [4.78, 5) is 12.3. The van der Waals surface area contributed by atoms with Crippen molar-refractivity contribution in [3.8, 4) is 0 Å². The van der Waals surface area contributed by atoms with Crippen LogP contribution in [-0.4, -0.2) is 35.7 Å². The summed E-state index contributed by atoms with van der Waals surface area (Å²) in [6, 6.07) is 0. The maximum Gasteiger partial charge on any atom is 0.407 e. The molecule has 0 bridgehead atoms. The molecule has 0 spiro atoms. The van der Waals surface area contributed by atoms with Gasteiger partial charge in [-0.15, -0.1) is 0 Å². The molecule has 1 aliphatic carbocycles. The summed E-state index contributed by atoms with van der Waals surface area (Å²) in [5.41, 5.74) is 5.53. The van der Waals surface area contributed by atoms with E-state index in [2.05, 4.69) is 0 Å². The van der Waals surface area contributed by atoms with Crippen molar-refractivity contribution in [1.82, 2.24) is 4.90 Å². The standard InChI is InChI=1S/C10H18N2O2/c11-2-1-7-3-8-5-12(10(13)14)6-9(8)4-7/h7-9H,1-6,11H2,(H,13,14)/t7?,8-,9+. The first-order valence-electron chi connectivity index (χ1n) is 5.38. The molecule has 4 heteroatoms. The largest absolute Gasteiger partial charge is 0.465 e. The molecule has 3 atom stereocenters. The Morgan fingerprint density at radius 3 is 2.36 bits per heavy atom. The fraction of sp³-hybridized carbons (Fsp3) is 0.900. The molecular formula is C10H18N2O2. The van der Waals surface area contributed by atoms with Gasteiger partial charge in [0.05, 0.1) is 0 Å². The quantitative estimate of drug-likeness (QED) is 0.694. The zero-order chi connectivity index (χ0) is 10.1. The minimum atomic E-state index is -0.755. The van der Waals surface area contributed by atoms with Gasteiger partial charge < -0.3 is 15.7 Å². The second kappa shape index (κ2) is 3.77. The smallest absolute Gasteiger partial charge is 0.407 e. The lowest BCUT2D eigenvalue weighted by atomic mass is 10.0. The molecule has 0 aromatic rings. The number of fused-ring (bicyclic) bond motifs is 1. The third-order valence-corrected chi connectivity index (χ3v) is 3.69. The highest BCUT2D eigenvalue weighted by molar-refractivity contribution is 5.65. The third-order valence-electron chi connectivity index (χ3n) is 3.69. The van der Waals surface area contributed by atoms with Gasteiger partial charge in [-0.2, -0.15) is 0 Å². The van der Waals surface area contributed by atoms with Gasteiger partial charge in [0, 0.05) is 13.1 Å². The molecule has 4 nitrogen and oxygen atoms in total. The summed E-state index contributed by atoms with van der Waals surface area (Å²) >= 11 is 0. The number of nitrogens with two attached hydrogens (primary N) is 1. The van der Waals surface area contributed by atoms with E-state index in [1.54, 1.807) is 4.90 Å². The van der Waals surface area contributed by atoms with E-state index in [1.807, 2.05) is 0 Å². The highest BCUT2D eigenvalue weighted by atomic mass is 16.4. The molecule has 0 aromatic heterocycles. The number of hydrogen-bond acceptors (Lipinski definition) is 2. The van der Waals surface area contributed by atoms with Crippen molar-refractivity contribution in [2.24, 2.45) is 23.5 Å². The number of carboxylic acid groups (broad SMARTS) is 1. The van der Waals surface area contributed by atoms with Gasteiger partial charge >= 0.3 is 6.09 Å². The molecular weight excluding hydrogens is 180 g/mol. The molecule has 1 aliphatic heterocycles. The molecule has 2 fully saturated rings. The summed E-state index contributed by atoms with van der Waals surface area (Å²) in [7, 11) is 0. The molecule has 1 amide bonds. The number of amides is 1. The summed E-state index contributed by atoms with van der Waals surface area (Å²) in [5, 5.41) is 8.84. The van der Waals surface area contributed by atoms with Crippen LogP contribution in [-0.2, 0) is 0 Å². The first-order chi connectivity index (χ1) is 6.70. The van der Waals surface area contributed by atoms with E-state index in [1.165, 1.54) is 12.8 Å². The lowest BCUT2D eigenvalue weighted by Crippen LogP contribution is -2.28. The Morgan fingerprint density at radius 1 is 1.36 bits per heavy atom. The minimum absolute atomic E-state index is 0.614. The monoisotopic (exact) mass is 198 g/mol. The van der Waals surface area contributed by atoms with E-state index in [4.69, 9.17) is 10.8 Å². The maximum absolute atomic E-state index is 10.7. The average molecular weight is 198 g/mol. The van der Waals surface area contributed by atoms with Gasteiger partial charge in [-0.05, 0) is 43.6 Å². The van der Waals surface area contributed by atoms with Crippen LogP contribution in [0.4, 0.5) is 4.79 Å². The van der Waals surface area contributed by atoms with Gasteiger partial charge in [0.2, 0.25) is 0 Å². The van der Waals surface area contributed by atoms with Gasteiger partial charge in [-0.3, -0.25) is 0 Å². The molecule has 2 rings (SSSR count). The van der Waals surface area contributed by atoms with Crippen LogP contribution in [0.25, 0.3) is 0 Å². The van der Waals surface area contributed by atoms with Crippen molar-refractivity contribution in [1.29, 1.82) is 0 Å². The van der Waals surface area contributed by atoms with Crippen LogP contribution in [0.15, 0.2) is 0 Å². The molecule has 1 saturated heterocycles. The van der Waals surface area contributed by atoms with Crippen LogP contribution in [0, 0.1) is 17.8 Å². The Hall–Kier alpha value is -0.770. The average Bonchev–Trinajstić information content (AvgIpc) is 2.61. The van der Waals surface area contributed by atoms with Gasteiger partial charge in [-0.1, -0.05) is 0 Å². The Morgan fingerprint density at radius 2 is 1.93 bits per heavy atom. The summed E-state index contributed by atoms with van der Waals surface area (Å²) < 4.78 is 0. The first-order valence-corrected chi connectivity index (χ1v) is 5.38. The van der Waals surface area contributed by atoms with Gasteiger partial charge in [0.1, 0.15) is 0 Å². The zero-order valence-corrected chi connectivity index (χ0v) is 8.35. The molecule has 14 heavy (non-hydrogen) atoms. The molecule has 2 aliphatic rings. The van der Waals surface area contributed by atoms with E-state index in [9.17, 15) is 4.79 Å². The van der Waals surface area contributed by atoms with E-state index in [0.29, 0.717) is 11.8 Å². The Balaban J connectivity index is 1.87. The second-order valence-electron chi connectivity index (χ2n) is 4.62. The predicted octanol–water partition coefficient (Wildman–Crippen LogP) is 0.971. The molecule has 1 saturated carbocycles. The van der Waals surface area contributed by atoms with Crippen molar-refractivity contribution >= 4 is 6.09 Å². The fourth-order valence-electron chi connectivity index (χ4n) is 3.05. The lowest BCUT2D eigenvalue weighted by Gasteiger charge is -2.15. The van der Waals surface area contributed by atoms with Gasteiger partial charge in [0.15, 0.2) is 0 Å². The van der Waals surface area contributed by atoms with Crippen LogP contribution in [0.1, 0.15) is 19.3 Å². The highest BCUT2D eigenvalue weighted by Gasteiger charge is 2.41. The third kappa shape index (κ3) is 1.71. The van der Waals surface area contributed by atoms with Crippen molar-refractivity contribution in [2.75, 3.05) is 19.6 Å². The summed E-state index contributed by atoms with van der Waals surface area (Å²) in [5.74, 6) is 1.98. The molecule has 0 aromatic carbocycles. The molecule has 1 unspecified atom stereocenters. The Bertz CT molecular complexity index is 218. The van der Waals surface area contributed by atoms with E-state index in [-0.39, 0.29) is 0 Å². The minimum Gasteiger partial charge on any atom is -0.465 e. The van der Waals surface area contributed by atoms with Crippen LogP contribution >= 0.6 is 0 Å². The summed E-state index contributed by atoms with van der Waals surface area (Å²) in [6.45, 7) is 2.27. The van der Waals surface area contributed by atoms with Crippen LogP contribution < -0.4 is 5.73 Å². The Labute approximate surface area is 84.1 Å². The number of hydrogen-bond donors (Lipinski definition) is 2. The van der Waals surface area contributed by atoms with E-state index >= 15 is 0 Å². The maximum atomic E-state index is 10.7. The highest BCUT2D eigenvalue weighted by Crippen LogP contribution is 2.42. The van der Waals surface area contributed by atoms with Crippen LogP contribution in [0.2, 0.25) is 0 Å². The number of rotatable bonds is 2. The molecule has 0 radical (unpaired) electrons. The molecule has 80 valence electrons. The molecule has 1 heterocycles. The van der Waals surface area contributed by atoms with Crippen LogP contribution in [0.5, 0.6) is 0 Å². The first kappa shape index (κ1) is 9.77. The van der Waals surface area contributed by atoms with E-state index < -0.39 is 6.09 Å². The normalized spacial score (nSPS) is 36.1. The number of nitrogens with zero attached hydrogens (tertiary/aromatic N) is 1. The van der Waals surface area contributed by atoms with E-state index in [0.717, 1.165) is 32.0 Å². The van der Waals surface area contributed by atoms with Crippen molar-refractivity contribution in [2.45, 2.75) is 19.3 Å². The van der Waals surface area contributed by atoms with Gasteiger partial charge in [-0.25, -0.2) is 4.79 Å². The number of carbonyl (C=O) groups is 1. The number of likely N-dealkylation sites (tertiary alicyclic amines) is 1. The van der Waals surface area contributed by atoms with Crippen LogP contribution in [0.3, 0.4) is 0 Å². The molecule has 3 N–H and O–H groups in total. The van der Waals surface area contributed by atoms with Gasteiger partial charge in [0.25, 0.3) is 0 Å².